The maximum atomic E-state index is 12.3. The van der Waals surface area contributed by atoms with Crippen molar-refractivity contribution >= 4 is 31.3 Å². The van der Waals surface area contributed by atoms with Crippen LogP contribution in [0, 0.1) is 23.2 Å². The van der Waals surface area contributed by atoms with Crippen molar-refractivity contribution in [2.75, 3.05) is 44.0 Å². The number of benzene rings is 2. The average Bonchev–Trinajstić information content (AvgIpc) is 3.14. The normalized spacial score (nSPS) is 19.1. The fourth-order valence-corrected chi connectivity index (χ4v) is 7.15. The molecule has 0 unspecified atom stereocenters. The first kappa shape index (κ1) is 26.5. The SMILES string of the molecule is C[C@@H]1CN(CCc2cc(Cl)cc(C#N)c2)C[C@H]1COc1ccc(S(=O)(=O)CCS(C)(=O)=O)cc1. The molecule has 0 aliphatic carbocycles. The highest BCUT2D eigenvalue weighted by molar-refractivity contribution is 7.94. The number of halogens is 1. The zero-order chi connectivity index (χ0) is 24.9. The van der Waals surface area contributed by atoms with Gasteiger partial charge in [0.1, 0.15) is 15.6 Å². The summed E-state index contributed by atoms with van der Waals surface area (Å²) >= 11 is 6.10. The highest BCUT2D eigenvalue weighted by Gasteiger charge is 2.30. The second kappa shape index (κ2) is 11.1. The van der Waals surface area contributed by atoms with E-state index in [1.54, 1.807) is 18.2 Å². The Morgan fingerprint density at radius 1 is 1.09 bits per heavy atom. The first-order valence-electron chi connectivity index (χ1n) is 11.0. The molecule has 2 aromatic carbocycles. The molecular formula is C24H29ClN2O5S2. The van der Waals surface area contributed by atoms with Crippen molar-refractivity contribution < 1.29 is 21.6 Å². The molecule has 0 N–H and O–H groups in total. The number of ether oxygens (including phenoxy) is 1. The molecule has 2 atom stereocenters. The van der Waals surface area contributed by atoms with Gasteiger partial charge in [-0.1, -0.05) is 18.5 Å². The average molecular weight is 525 g/mol. The number of hydrogen-bond donors (Lipinski definition) is 0. The zero-order valence-corrected chi connectivity index (χ0v) is 21.7. The van der Waals surface area contributed by atoms with Crippen LogP contribution in [0.4, 0.5) is 0 Å². The van der Waals surface area contributed by atoms with Crippen LogP contribution in [0.2, 0.25) is 5.02 Å². The zero-order valence-electron chi connectivity index (χ0n) is 19.3. The minimum absolute atomic E-state index is 0.0875. The van der Waals surface area contributed by atoms with Crippen LogP contribution in [0.1, 0.15) is 18.1 Å². The molecular weight excluding hydrogens is 496 g/mol. The van der Waals surface area contributed by atoms with Crippen LogP contribution in [-0.2, 0) is 26.1 Å². The molecule has 0 radical (unpaired) electrons. The van der Waals surface area contributed by atoms with Crippen molar-refractivity contribution in [3.8, 4) is 11.8 Å². The van der Waals surface area contributed by atoms with Gasteiger partial charge in [0.25, 0.3) is 0 Å². The molecule has 3 rings (SSSR count). The molecule has 34 heavy (non-hydrogen) atoms. The smallest absolute Gasteiger partial charge is 0.179 e. The summed E-state index contributed by atoms with van der Waals surface area (Å²) in [6.45, 7) is 5.43. The summed E-state index contributed by atoms with van der Waals surface area (Å²) in [5, 5.41) is 9.69. The Labute approximate surface area is 207 Å². The summed E-state index contributed by atoms with van der Waals surface area (Å²) < 4.78 is 53.1. The number of likely N-dealkylation sites (tertiary alicyclic amines) is 1. The molecule has 1 aliphatic heterocycles. The van der Waals surface area contributed by atoms with Gasteiger partial charge < -0.3 is 9.64 Å². The van der Waals surface area contributed by atoms with Crippen LogP contribution in [0.5, 0.6) is 5.75 Å². The van der Waals surface area contributed by atoms with E-state index < -0.39 is 31.2 Å². The largest absolute Gasteiger partial charge is 0.493 e. The van der Waals surface area contributed by atoms with E-state index >= 15 is 0 Å². The van der Waals surface area contributed by atoms with Crippen molar-refractivity contribution in [1.82, 2.24) is 4.90 Å². The summed E-state index contributed by atoms with van der Waals surface area (Å²) in [5.41, 5.74) is 1.61. The van der Waals surface area contributed by atoms with Crippen molar-refractivity contribution in [2.24, 2.45) is 11.8 Å². The van der Waals surface area contributed by atoms with Crippen LogP contribution in [0.25, 0.3) is 0 Å². The van der Waals surface area contributed by atoms with Crippen molar-refractivity contribution in [1.29, 1.82) is 5.26 Å². The summed E-state index contributed by atoms with van der Waals surface area (Å²) in [4.78, 5) is 2.47. The Hall–Kier alpha value is -2.12. The first-order valence-corrected chi connectivity index (χ1v) is 15.1. The predicted molar refractivity (Wildman–Crippen MR) is 133 cm³/mol. The minimum atomic E-state index is -3.66. The molecule has 1 saturated heterocycles. The van der Waals surface area contributed by atoms with E-state index in [9.17, 15) is 16.8 Å². The lowest BCUT2D eigenvalue weighted by Crippen LogP contribution is -2.24. The Morgan fingerprint density at radius 2 is 1.79 bits per heavy atom. The van der Waals surface area contributed by atoms with Gasteiger partial charge in [0.15, 0.2) is 9.84 Å². The lowest BCUT2D eigenvalue weighted by Gasteiger charge is -2.17. The molecule has 0 aromatic heterocycles. The van der Waals surface area contributed by atoms with E-state index in [1.807, 2.05) is 12.1 Å². The fraction of sp³-hybridized carbons (Fsp3) is 0.458. The highest BCUT2D eigenvalue weighted by Crippen LogP contribution is 2.25. The Kier molecular flexibility index (Phi) is 8.63. The van der Waals surface area contributed by atoms with Gasteiger partial charge in [0, 0.05) is 36.8 Å². The van der Waals surface area contributed by atoms with Crippen LogP contribution in [-0.4, -0.2) is 65.7 Å². The third kappa shape index (κ3) is 7.70. The predicted octanol–water partition coefficient (Wildman–Crippen LogP) is 3.22. The summed E-state index contributed by atoms with van der Waals surface area (Å²) in [5.74, 6) is 0.530. The van der Waals surface area contributed by atoms with E-state index in [-0.39, 0.29) is 4.90 Å². The second-order valence-electron chi connectivity index (χ2n) is 8.94. The molecule has 1 fully saturated rings. The topological polar surface area (TPSA) is 105 Å². The summed E-state index contributed by atoms with van der Waals surface area (Å²) in [6.07, 6.45) is 1.83. The second-order valence-corrected chi connectivity index (χ2v) is 13.7. The Balaban J connectivity index is 1.50. The fourth-order valence-electron chi connectivity index (χ4n) is 4.01. The maximum absolute atomic E-state index is 12.3. The van der Waals surface area contributed by atoms with Crippen LogP contribution >= 0.6 is 11.6 Å². The van der Waals surface area contributed by atoms with E-state index in [0.717, 1.165) is 37.9 Å². The molecule has 7 nitrogen and oxygen atoms in total. The lowest BCUT2D eigenvalue weighted by molar-refractivity contribution is 0.225. The molecule has 1 heterocycles. The third-order valence-electron chi connectivity index (χ3n) is 6.02. The molecule has 2 aromatic rings. The number of sulfone groups is 2. The number of nitriles is 1. The minimum Gasteiger partial charge on any atom is -0.493 e. The highest BCUT2D eigenvalue weighted by atomic mass is 35.5. The molecule has 1 aliphatic rings. The van der Waals surface area contributed by atoms with Crippen molar-refractivity contribution in [3.63, 3.8) is 0 Å². The van der Waals surface area contributed by atoms with Crippen molar-refractivity contribution in [3.05, 3.63) is 58.6 Å². The van der Waals surface area contributed by atoms with E-state index in [2.05, 4.69) is 17.9 Å². The van der Waals surface area contributed by atoms with Crippen LogP contribution < -0.4 is 4.74 Å². The first-order chi connectivity index (χ1) is 15.9. The molecule has 0 amide bonds. The van der Waals surface area contributed by atoms with Gasteiger partial charge in [0.2, 0.25) is 0 Å². The van der Waals surface area contributed by atoms with Gasteiger partial charge in [-0.15, -0.1) is 0 Å². The van der Waals surface area contributed by atoms with Gasteiger partial charge in [-0.25, -0.2) is 16.8 Å². The standard InChI is InChI=1S/C24H29ClN2O5S2/c1-18-15-27(8-7-19-11-20(14-26)13-22(25)12-19)16-21(18)17-32-23-3-5-24(6-4-23)34(30,31)10-9-33(2,28)29/h3-6,11-13,18,21H,7-10,15-17H2,1-2H3/t18-,21+/m1/s1. The van der Waals surface area contributed by atoms with E-state index in [0.29, 0.717) is 34.8 Å². The number of nitrogens with zero attached hydrogens (tertiary/aromatic N) is 2. The van der Waals surface area contributed by atoms with Gasteiger partial charge in [-0.2, -0.15) is 5.26 Å². The summed E-state index contributed by atoms with van der Waals surface area (Å²) in [6, 6.07) is 13.7. The Bertz CT molecular complexity index is 1260. The van der Waals surface area contributed by atoms with Gasteiger partial charge >= 0.3 is 0 Å². The number of rotatable bonds is 10. The van der Waals surface area contributed by atoms with Crippen LogP contribution in [0.3, 0.4) is 0 Å². The van der Waals surface area contributed by atoms with Gasteiger partial charge in [0.05, 0.1) is 34.6 Å². The molecule has 0 saturated carbocycles. The van der Waals surface area contributed by atoms with Gasteiger partial charge in [-0.3, -0.25) is 0 Å². The lowest BCUT2D eigenvalue weighted by atomic mass is 9.99. The van der Waals surface area contributed by atoms with E-state index in [1.165, 1.54) is 12.1 Å². The molecule has 184 valence electrons. The quantitative estimate of drug-likeness (QED) is 0.470. The van der Waals surface area contributed by atoms with Crippen molar-refractivity contribution in [2.45, 2.75) is 18.2 Å². The van der Waals surface area contributed by atoms with Gasteiger partial charge in [-0.05, 0) is 60.4 Å². The summed E-state index contributed by atoms with van der Waals surface area (Å²) in [7, 11) is -7.01. The molecule has 0 bridgehead atoms. The maximum Gasteiger partial charge on any atom is 0.179 e. The number of hydrogen-bond acceptors (Lipinski definition) is 7. The molecule has 0 spiro atoms. The van der Waals surface area contributed by atoms with Crippen LogP contribution in [0.15, 0.2) is 47.4 Å². The monoisotopic (exact) mass is 524 g/mol. The molecule has 10 heteroatoms. The third-order valence-corrected chi connectivity index (χ3v) is 9.17. The van der Waals surface area contributed by atoms with E-state index in [4.69, 9.17) is 21.6 Å². The Morgan fingerprint density at radius 3 is 2.44 bits per heavy atom.